The summed E-state index contributed by atoms with van der Waals surface area (Å²) in [4.78, 5) is 28.8. The second kappa shape index (κ2) is 8.63. The summed E-state index contributed by atoms with van der Waals surface area (Å²) in [6.07, 6.45) is -0.511. The molecule has 0 bridgehead atoms. The molecule has 152 valence electrons. The monoisotopic (exact) mass is 394 g/mol. The Morgan fingerprint density at radius 2 is 1.83 bits per heavy atom. The third-order valence-electron chi connectivity index (χ3n) is 5.28. The average molecular weight is 394 g/mol. The molecule has 1 fully saturated rings. The fourth-order valence-electron chi connectivity index (χ4n) is 3.64. The molecule has 7 heteroatoms. The van der Waals surface area contributed by atoms with Gasteiger partial charge in [-0.05, 0) is 30.7 Å². The highest BCUT2D eigenvalue weighted by Gasteiger charge is 2.24. The SMILES string of the molecule is CC1Oc2ccc(NC(=O)CN3CCN(Cc4ccccc4)CC3)cc2NC1=O. The van der Waals surface area contributed by atoms with Gasteiger partial charge in [0.25, 0.3) is 5.91 Å². The van der Waals surface area contributed by atoms with Crippen molar-refractivity contribution in [2.45, 2.75) is 19.6 Å². The topological polar surface area (TPSA) is 73.9 Å². The molecule has 29 heavy (non-hydrogen) atoms. The minimum absolute atomic E-state index is 0.0575. The van der Waals surface area contributed by atoms with Crippen LogP contribution in [0, 0.1) is 0 Å². The Bertz CT molecular complexity index is 879. The van der Waals surface area contributed by atoms with Crippen molar-refractivity contribution in [2.24, 2.45) is 0 Å². The summed E-state index contributed by atoms with van der Waals surface area (Å²) in [6.45, 7) is 6.63. The number of benzene rings is 2. The zero-order valence-corrected chi connectivity index (χ0v) is 16.6. The van der Waals surface area contributed by atoms with E-state index in [0.717, 1.165) is 32.7 Å². The number of piperazine rings is 1. The summed E-state index contributed by atoms with van der Waals surface area (Å²) in [5.74, 6) is 0.372. The first kappa shape index (κ1) is 19.4. The van der Waals surface area contributed by atoms with Crippen LogP contribution >= 0.6 is 0 Å². The predicted molar refractivity (Wildman–Crippen MR) is 112 cm³/mol. The lowest BCUT2D eigenvalue weighted by atomic mass is 10.2. The fourth-order valence-corrected chi connectivity index (χ4v) is 3.64. The summed E-state index contributed by atoms with van der Waals surface area (Å²) in [7, 11) is 0. The summed E-state index contributed by atoms with van der Waals surface area (Å²) in [5.41, 5.74) is 2.55. The Labute approximate surface area is 170 Å². The molecule has 4 rings (SSSR count). The lowest BCUT2D eigenvalue weighted by Crippen LogP contribution is -2.48. The maximum Gasteiger partial charge on any atom is 0.265 e. The van der Waals surface area contributed by atoms with Gasteiger partial charge < -0.3 is 15.4 Å². The first-order valence-corrected chi connectivity index (χ1v) is 9.97. The summed E-state index contributed by atoms with van der Waals surface area (Å²) < 4.78 is 5.54. The van der Waals surface area contributed by atoms with E-state index in [-0.39, 0.29) is 11.8 Å². The summed E-state index contributed by atoms with van der Waals surface area (Å²) in [6, 6.07) is 15.7. The molecule has 2 aromatic rings. The highest BCUT2D eigenvalue weighted by molar-refractivity contribution is 5.99. The van der Waals surface area contributed by atoms with E-state index in [0.29, 0.717) is 23.7 Å². The molecule has 0 aliphatic carbocycles. The van der Waals surface area contributed by atoms with E-state index in [2.05, 4.69) is 44.7 Å². The fraction of sp³-hybridized carbons (Fsp3) is 0.364. The Morgan fingerprint density at radius 3 is 2.59 bits per heavy atom. The number of carbonyl (C=O) groups is 2. The van der Waals surface area contributed by atoms with Crippen LogP contribution in [0.25, 0.3) is 0 Å². The molecule has 2 amide bonds. The van der Waals surface area contributed by atoms with Crippen LogP contribution in [0.3, 0.4) is 0 Å². The van der Waals surface area contributed by atoms with Crippen LogP contribution in [-0.4, -0.2) is 60.4 Å². The third kappa shape index (κ3) is 4.93. The number of fused-ring (bicyclic) bond motifs is 1. The van der Waals surface area contributed by atoms with Crippen LogP contribution in [0.2, 0.25) is 0 Å². The molecule has 1 atom stereocenters. The van der Waals surface area contributed by atoms with E-state index in [1.54, 1.807) is 25.1 Å². The second-order valence-electron chi connectivity index (χ2n) is 7.55. The van der Waals surface area contributed by atoms with Crippen molar-refractivity contribution in [1.82, 2.24) is 9.80 Å². The van der Waals surface area contributed by atoms with Crippen LogP contribution in [0.4, 0.5) is 11.4 Å². The normalized spacial score (nSPS) is 19.8. The molecular weight excluding hydrogens is 368 g/mol. The van der Waals surface area contributed by atoms with E-state index < -0.39 is 6.10 Å². The Hall–Kier alpha value is -2.90. The zero-order valence-electron chi connectivity index (χ0n) is 16.6. The van der Waals surface area contributed by atoms with Gasteiger partial charge in [-0.2, -0.15) is 0 Å². The Kier molecular flexibility index (Phi) is 5.78. The minimum atomic E-state index is -0.511. The summed E-state index contributed by atoms with van der Waals surface area (Å²) >= 11 is 0. The number of carbonyl (C=O) groups excluding carboxylic acids is 2. The molecule has 2 aliphatic heterocycles. The quantitative estimate of drug-likeness (QED) is 0.813. The van der Waals surface area contributed by atoms with Crippen LogP contribution < -0.4 is 15.4 Å². The molecular formula is C22H26N4O3. The maximum absolute atomic E-state index is 12.5. The molecule has 0 aromatic heterocycles. The highest BCUT2D eigenvalue weighted by Crippen LogP contribution is 2.32. The van der Waals surface area contributed by atoms with E-state index in [1.807, 2.05) is 6.07 Å². The van der Waals surface area contributed by atoms with Crippen LogP contribution in [0.15, 0.2) is 48.5 Å². The third-order valence-corrected chi connectivity index (χ3v) is 5.28. The van der Waals surface area contributed by atoms with Gasteiger partial charge in [0.1, 0.15) is 5.75 Å². The number of nitrogens with zero attached hydrogens (tertiary/aromatic N) is 2. The first-order valence-electron chi connectivity index (χ1n) is 9.97. The molecule has 2 aliphatic rings. The van der Waals surface area contributed by atoms with Gasteiger partial charge >= 0.3 is 0 Å². The molecule has 1 unspecified atom stereocenters. The molecule has 1 saturated heterocycles. The van der Waals surface area contributed by atoms with Crippen LogP contribution in [0.1, 0.15) is 12.5 Å². The number of ether oxygens (including phenoxy) is 1. The first-order chi connectivity index (χ1) is 14.1. The predicted octanol–water partition coefficient (Wildman–Crippen LogP) is 2.16. The number of nitrogens with one attached hydrogen (secondary N) is 2. The number of hydrogen-bond acceptors (Lipinski definition) is 5. The van der Waals surface area contributed by atoms with Gasteiger partial charge in [0, 0.05) is 38.4 Å². The lowest BCUT2D eigenvalue weighted by molar-refractivity contribution is -0.122. The van der Waals surface area contributed by atoms with Gasteiger partial charge in [0.05, 0.1) is 12.2 Å². The highest BCUT2D eigenvalue weighted by atomic mass is 16.5. The van der Waals surface area contributed by atoms with Gasteiger partial charge in [-0.3, -0.25) is 19.4 Å². The van der Waals surface area contributed by atoms with Crippen molar-refractivity contribution in [2.75, 3.05) is 43.4 Å². The lowest BCUT2D eigenvalue weighted by Gasteiger charge is -2.34. The molecule has 2 heterocycles. The minimum Gasteiger partial charge on any atom is -0.479 e. The largest absolute Gasteiger partial charge is 0.479 e. The summed E-state index contributed by atoms with van der Waals surface area (Å²) in [5, 5.41) is 5.71. The van der Waals surface area contributed by atoms with Gasteiger partial charge in [-0.25, -0.2) is 0 Å². The smallest absolute Gasteiger partial charge is 0.265 e. The maximum atomic E-state index is 12.5. The van der Waals surface area contributed by atoms with Crippen molar-refractivity contribution in [3.05, 3.63) is 54.1 Å². The van der Waals surface area contributed by atoms with Gasteiger partial charge in [0.15, 0.2) is 6.10 Å². The molecule has 0 saturated carbocycles. The van der Waals surface area contributed by atoms with Crippen molar-refractivity contribution < 1.29 is 14.3 Å². The number of anilines is 2. The molecule has 7 nitrogen and oxygen atoms in total. The van der Waals surface area contributed by atoms with Crippen molar-refractivity contribution in [3.63, 3.8) is 0 Å². The van der Waals surface area contributed by atoms with E-state index in [1.165, 1.54) is 5.56 Å². The van der Waals surface area contributed by atoms with Crippen LogP contribution in [-0.2, 0) is 16.1 Å². The molecule has 0 radical (unpaired) electrons. The van der Waals surface area contributed by atoms with Crippen molar-refractivity contribution >= 4 is 23.2 Å². The van der Waals surface area contributed by atoms with E-state index >= 15 is 0 Å². The molecule has 0 spiro atoms. The van der Waals surface area contributed by atoms with E-state index in [4.69, 9.17) is 4.74 Å². The van der Waals surface area contributed by atoms with Crippen molar-refractivity contribution in [1.29, 1.82) is 0 Å². The second-order valence-corrected chi connectivity index (χ2v) is 7.55. The van der Waals surface area contributed by atoms with Crippen LogP contribution in [0.5, 0.6) is 5.75 Å². The van der Waals surface area contributed by atoms with E-state index in [9.17, 15) is 9.59 Å². The van der Waals surface area contributed by atoms with Gasteiger partial charge in [-0.15, -0.1) is 0 Å². The molecule has 2 aromatic carbocycles. The standard InChI is InChI=1S/C22H26N4O3/c1-16-22(28)24-19-13-18(7-8-20(19)29-16)23-21(27)15-26-11-9-25(10-12-26)14-17-5-3-2-4-6-17/h2-8,13,16H,9-12,14-15H2,1H3,(H,23,27)(H,24,28). The van der Waals surface area contributed by atoms with Gasteiger partial charge in [0.2, 0.25) is 5.91 Å². The Morgan fingerprint density at radius 1 is 1.10 bits per heavy atom. The number of hydrogen-bond donors (Lipinski definition) is 2. The number of rotatable bonds is 5. The Balaban J connectivity index is 1.25. The molecule has 2 N–H and O–H groups in total. The number of amides is 2. The zero-order chi connectivity index (χ0) is 20.2. The average Bonchev–Trinajstić information content (AvgIpc) is 2.71. The van der Waals surface area contributed by atoms with Crippen molar-refractivity contribution in [3.8, 4) is 5.75 Å². The van der Waals surface area contributed by atoms with Gasteiger partial charge in [-0.1, -0.05) is 30.3 Å².